The summed E-state index contributed by atoms with van der Waals surface area (Å²) in [6.07, 6.45) is 1.87. The van der Waals surface area contributed by atoms with Crippen molar-refractivity contribution in [2.45, 2.75) is 25.0 Å². The van der Waals surface area contributed by atoms with E-state index in [0.717, 1.165) is 23.9 Å². The summed E-state index contributed by atoms with van der Waals surface area (Å²) in [5.74, 6) is -0.263. The van der Waals surface area contributed by atoms with E-state index in [1.165, 1.54) is 6.07 Å². The molecule has 2 N–H and O–H groups in total. The van der Waals surface area contributed by atoms with E-state index in [2.05, 4.69) is 15.9 Å². The summed E-state index contributed by atoms with van der Waals surface area (Å²) in [6.45, 7) is 0.730. The summed E-state index contributed by atoms with van der Waals surface area (Å²) in [5.41, 5.74) is 6.51. The summed E-state index contributed by atoms with van der Waals surface area (Å²) in [6, 6.07) is 4.45. The molecule has 0 aliphatic carbocycles. The van der Waals surface area contributed by atoms with Crippen molar-refractivity contribution in [2.75, 3.05) is 6.61 Å². The van der Waals surface area contributed by atoms with Gasteiger partial charge in [-0.3, -0.25) is 0 Å². The summed E-state index contributed by atoms with van der Waals surface area (Å²) >= 11 is 3.31. The molecule has 0 bridgehead atoms. The zero-order valence-corrected chi connectivity index (χ0v) is 9.84. The molecule has 0 aromatic heterocycles. The number of ether oxygens (including phenoxy) is 1. The van der Waals surface area contributed by atoms with E-state index in [-0.39, 0.29) is 18.0 Å². The standard InChI is InChI=1S/C11H13BrFNO/c12-7-3-4-9(13)8(6-7)11(14)10-2-1-5-15-10/h3-4,6,10-11H,1-2,5,14H2. The van der Waals surface area contributed by atoms with Gasteiger partial charge in [-0.15, -0.1) is 0 Å². The van der Waals surface area contributed by atoms with Crippen molar-refractivity contribution in [3.63, 3.8) is 0 Å². The van der Waals surface area contributed by atoms with Gasteiger partial charge in [0.25, 0.3) is 0 Å². The first kappa shape index (κ1) is 11.0. The van der Waals surface area contributed by atoms with Crippen LogP contribution in [0.2, 0.25) is 0 Å². The number of hydrogen-bond donors (Lipinski definition) is 1. The Hall–Kier alpha value is -0.450. The fourth-order valence-corrected chi connectivity index (χ4v) is 2.23. The first-order valence-corrected chi connectivity index (χ1v) is 5.80. The van der Waals surface area contributed by atoms with Crippen LogP contribution in [0.15, 0.2) is 22.7 Å². The molecular weight excluding hydrogens is 261 g/mol. The fraction of sp³-hybridized carbons (Fsp3) is 0.455. The second-order valence-electron chi connectivity index (χ2n) is 3.74. The molecule has 1 aromatic rings. The molecule has 1 aliphatic rings. The Kier molecular flexibility index (Phi) is 3.38. The van der Waals surface area contributed by atoms with Gasteiger partial charge in [0.15, 0.2) is 0 Å². The molecule has 2 unspecified atom stereocenters. The predicted molar refractivity (Wildman–Crippen MR) is 60.0 cm³/mol. The molecule has 15 heavy (non-hydrogen) atoms. The Morgan fingerprint density at radius 3 is 3.00 bits per heavy atom. The van der Waals surface area contributed by atoms with Gasteiger partial charge in [-0.25, -0.2) is 4.39 Å². The molecule has 0 radical (unpaired) electrons. The van der Waals surface area contributed by atoms with Crippen LogP contribution in [0.1, 0.15) is 24.4 Å². The van der Waals surface area contributed by atoms with Gasteiger partial charge in [0, 0.05) is 16.6 Å². The minimum atomic E-state index is -0.370. The highest BCUT2D eigenvalue weighted by Gasteiger charge is 2.26. The lowest BCUT2D eigenvalue weighted by molar-refractivity contribution is 0.0890. The Balaban J connectivity index is 2.23. The maximum Gasteiger partial charge on any atom is 0.128 e. The normalized spacial score (nSPS) is 23.0. The van der Waals surface area contributed by atoms with E-state index in [4.69, 9.17) is 10.5 Å². The molecule has 0 amide bonds. The summed E-state index contributed by atoms with van der Waals surface area (Å²) < 4.78 is 19.8. The molecule has 1 aliphatic heterocycles. The number of benzene rings is 1. The zero-order chi connectivity index (χ0) is 10.8. The fourth-order valence-electron chi connectivity index (χ4n) is 1.86. The summed E-state index contributed by atoms with van der Waals surface area (Å²) in [4.78, 5) is 0. The highest BCUT2D eigenvalue weighted by atomic mass is 79.9. The van der Waals surface area contributed by atoms with E-state index < -0.39 is 0 Å². The van der Waals surface area contributed by atoms with Crippen molar-refractivity contribution in [3.05, 3.63) is 34.1 Å². The van der Waals surface area contributed by atoms with Crippen LogP contribution in [0.4, 0.5) is 4.39 Å². The first-order chi connectivity index (χ1) is 7.18. The van der Waals surface area contributed by atoms with Gasteiger partial charge in [0.05, 0.1) is 12.1 Å². The van der Waals surface area contributed by atoms with Crippen molar-refractivity contribution in [1.82, 2.24) is 0 Å². The zero-order valence-electron chi connectivity index (χ0n) is 8.25. The molecule has 2 rings (SSSR count). The van der Waals surface area contributed by atoms with Crippen LogP contribution in [0.5, 0.6) is 0 Å². The topological polar surface area (TPSA) is 35.2 Å². The molecular formula is C11H13BrFNO. The van der Waals surface area contributed by atoms with Crippen LogP contribution >= 0.6 is 15.9 Å². The van der Waals surface area contributed by atoms with E-state index in [1.54, 1.807) is 12.1 Å². The van der Waals surface area contributed by atoms with E-state index in [0.29, 0.717) is 5.56 Å². The second-order valence-corrected chi connectivity index (χ2v) is 4.66. The van der Waals surface area contributed by atoms with Crippen molar-refractivity contribution >= 4 is 15.9 Å². The smallest absolute Gasteiger partial charge is 0.128 e. The number of nitrogens with two attached hydrogens (primary N) is 1. The molecule has 82 valence electrons. The van der Waals surface area contributed by atoms with Gasteiger partial charge in [-0.05, 0) is 31.0 Å². The molecule has 4 heteroatoms. The third kappa shape index (κ3) is 2.38. The number of halogens is 2. The van der Waals surface area contributed by atoms with Gasteiger partial charge < -0.3 is 10.5 Å². The molecule has 0 spiro atoms. The van der Waals surface area contributed by atoms with Crippen LogP contribution in [0.3, 0.4) is 0 Å². The van der Waals surface area contributed by atoms with Crippen LogP contribution in [0, 0.1) is 5.82 Å². The lowest BCUT2D eigenvalue weighted by atomic mass is 10.00. The van der Waals surface area contributed by atoms with Gasteiger partial charge >= 0.3 is 0 Å². The Bertz CT molecular complexity index is 352. The first-order valence-electron chi connectivity index (χ1n) is 5.00. The summed E-state index contributed by atoms with van der Waals surface area (Å²) in [5, 5.41) is 0. The van der Waals surface area contributed by atoms with Gasteiger partial charge in [-0.1, -0.05) is 15.9 Å². The third-order valence-corrected chi connectivity index (χ3v) is 3.18. The van der Waals surface area contributed by atoms with Gasteiger partial charge in [-0.2, -0.15) is 0 Å². The van der Waals surface area contributed by atoms with E-state index in [9.17, 15) is 4.39 Å². The molecule has 1 heterocycles. The molecule has 0 saturated carbocycles. The Morgan fingerprint density at radius 1 is 1.53 bits per heavy atom. The predicted octanol–water partition coefficient (Wildman–Crippen LogP) is 2.77. The number of rotatable bonds is 2. The second kappa shape index (κ2) is 4.60. The maximum atomic E-state index is 13.5. The quantitative estimate of drug-likeness (QED) is 0.900. The average Bonchev–Trinajstić information content (AvgIpc) is 2.74. The van der Waals surface area contributed by atoms with Crippen molar-refractivity contribution in [2.24, 2.45) is 5.73 Å². The molecule has 2 nitrogen and oxygen atoms in total. The Morgan fingerprint density at radius 2 is 2.33 bits per heavy atom. The molecule has 1 fully saturated rings. The lowest BCUT2D eigenvalue weighted by Crippen LogP contribution is -2.26. The number of hydrogen-bond acceptors (Lipinski definition) is 2. The van der Waals surface area contributed by atoms with E-state index in [1.807, 2.05) is 0 Å². The van der Waals surface area contributed by atoms with Gasteiger partial charge in [0.2, 0.25) is 0 Å². The van der Waals surface area contributed by atoms with Crippen molar-refractivity contribution in [3.8, 4) is 0 Å². The minimum absolute atomic E-state index is 0.0474. The van der Waals surface area contributed by atoms with Crippen LogP contribution < -0.4 is 5.73 Å². The largest absolute Gasteiger partial charge is 0.376 e. The molecule has 1 saturated heterocycles. The van der Waals surface area contributed by atoms with Crippen molar-refractivity contribution in [1.29, 1.82) is 0 Å². The van der Waals surface area contributed by atoms with Crippen LogP contribution in [-0.4, -0.2) is 12.7 Å². The average molecular weight is 274 g/mol. The maximum absolute atomic E-state index is 13.5. The highest BCUT2D eigenvalue weighted by Crippen LogP contribution is 2.28. The summed E-state index contributed by atoms with van der Waals surface area (Å²) in [7, 11) is 0. The third-order valence-electron chi connectivity index (χ3n) is 2.68. The van der Waals surface area contributed by atoms with Crippen molar-refractivity contribution < 1.29 is 9.13 Å². The molecule has 2 atom stereocenters. The highest BCUT2D eigenvalue weighted by molar-refractivity contribution is 9.10. The lowest BCUT2D eigenvalue weighted by Gasteiger charge is -2.19. The molecule has 1 aromatic carbocycles. The SMILES string of the molecule is NC(c1cc(Br)ccc1F)C1CCCO1. The monoisotopic (exact) mass is 273 g/mol. The van der Waals surface area contributed by atoms with Crippen LogP contribution in [-0.2, 0) is 4.74 Å². The van der Waals surface area contributed by atoms with Crippen LogP contribution in [0.25, 0.3) is 0 Å². The minimum Gasteiger partial charge on any atom is -0.376 e. The van der Waals surface area contributed by atoms with Gasteiger partial charge in [0.1, 0.15) is 5.82 Å². The van der Waals surface area contributed by atoms with E-state index >= 15 is 0 Å². The Labute approximate surface area is 96.7 Å².